The molecule has 1 atom stereocenters. The Morgan fingerprint density at radius 3 is 2.52 bits per heavy atom. The van der Waals surface area contributed by atoms with Crippen LogP contribution in [0.5, 0.6) is 0 Å². The van der Waals surface area contributed by atoms with Crippen molar-refractivity contribution in [1.82, 2.24) is 0 Å². The molecule has 21 heavy (non-hydrogen) atoms. The molecule has 0 saturated carbocycles. The van der Waals surface area contributed by atoms with Gasteiger partial charge in [-0.25, -0.2) is 4.79 Å². The average Bonchev–Trinajstić information content (AvgIpc) is 2.48. The fourth-order valence-electron chi connectivity index (χ4n) is 2.38. The fourth-order valence-corrected chi connectivity index (χ4v) is 2.38. The third-order valence-corrected chi connectivity index (χ3v) is 3.45. The zero-order valence-electron chi connectivity index (χ0n) is 12.7. The molecule has 0 saturated heterocycles. The topological polar surface area (TPSA) is 38.3 Å². The Morgan fingerprint density at radius 1 is 1.14 bits per heavy atom. The Balaban J connectivity index is 2.24. The first-order valence-electron chi connectivity index (χ1n) is 7.21. The number of aryl methyl sites for hydroxylation is 1. The van der Waals surface area contributed by atoms with Crippen LogP contribution < -0.4 is 5.32 Å². The second kappa shape index (κ2) is 6.93. The van der Waals surface area contributed by atoms with Crippen LogP contribution in [-0.4, -0.2) is 12.6 Å². The summed E-state index contributed by atoms with van der Waals surface area (Å²) in [4.78, 5) is 12.0. The summed E-state index contributed by atoms with van der Waals surface area (Å²) in [7, 11) is 0. The van der Waals surface area contributed by atoms with Gasteiger partial charge in [0.15, 0.2) is 0 Å². The van der Waals surface area contributed by atoms with Gasteiger partial charge in [-0.15, -0.1) is 0 Å². The van der Waals surface area contributed by atoms with Crippen LogP contribution in [0, 0.1) is 6.92 Å². The second-order valence-corrected chi connectivity index (χ2v) is 4.99. The number of esters is 1. The van der Waals surface area contributed by atoms with Crippen LogP contribution in [0.1, 0.15) is 41.4 Å². The summed E-state index contributed by atoms with van der Waals surface area (Å²) in [5, 5.41) is 3.41. The first-order valence-corrected chi connectivity index (χ1v) is 7.21. The molecule has 2 aromatic carbocycles. The largest absolute Gasteiger partial charge is 0.462 e. The number of ether oxygens (including phenoxy) is 1. The molecular formula is C18H21NO2. The van der Waals surface area contributed by atoms with Crippen molar-refractivity contribution in [2.24, 2.45) is 0 Å². The van der Waals surface area contributed by atoms with Crippen LogP contribution in [0.3, 0.4) is 0 Å². The smallest absolute Gasteiger partial charge is 0.340 e. The predicted molar refractivity (Wildman–Crippen MR) is 85.6 cm³/mol. The SMILES string of the molecule is CCOC(=O)c1ccccc1NC(C)c1ccccc1C. The lowest BCUT2D eigenvalue weighted by Gasteiger charge is -2.19. The van der Waals surface area contributed by atoms with E-state index in [9.17, 15) is 4.79 Å². The molecule has 0 spiro atoms. The van der Waals surface area contributed by atoms with Crippen molar-refractivity contribution >= 4 is 11.7 Å². The lowest BCUT2D eigenvalue weighted by Crippen LogP contribution is -2.13. The zero-order valence-corrected chi connectivity index (χ0v) is 12.7. The van der Waals surface area contributed by atoms with Crippen molar-refractivity contribution in [1.29, 1.82) is 0 Å². The minimum absolute atomic E-state index is 0.113. The Bertz CT molecular complexity index is 622. The molecule has 3 heteroatoms. The zero-order chi connectivity index (χ0) is 15.2. The van der Waals surface area contributed by atoms with Gasteiger partial charge in [0.25, 0.3) is 0 Å². The van der Waals surface area contributed by atoms with Crippen LogP contribution in [0.25, 0.3) is 0 Å². The van der Waals surface area contributed by atoms with E-state index in [0.717, 1.165) is 5.69 Å². The third kappa shape index (κ3) is 3.63. The molecule has 110 valence electrons. The lowest BCUT2D eigenvalue weighted by molar-refractivity contribution is 0.0527. The van der Waals surface area contributed by atoms with E-state index < -0.39 is 0 Å². The average molecular weight is 283 g/mol. The predicted octanol–water partition coefficient (Wildman–Crippen LogP) is 4.34. The van der Waals surface area contributed by atoms with E-state index in [1.807, 2.05) is 37.3 Å². The third-order valence-electron chi connectivity index (χ3n) is 3.45. The minimum atomic E-state index is -0.294. The van der Waals surface area contributed by atoms with Gasteiger partial charge in [-0.2, -0.15) is 0 Å². The van der Waals surface area contributed by atoms with E-state index in [4.69, 9.17) is 4.74 Å². The molecule has 2 aromatic rings. The van der Waals surface area contributed by atoms with Gasteiger partial charge >= 0.3 is 5.97 Å². The Hall–Kier alpha value is -2.29. The highest BCUT2D eigenvalue weighted by Gasteiger charge is 2.14. The number of anilines is 1. The minimum Gasteiger partial charge on any atom is -0.462 e. The number of rotatable bonds is 5. The quantitative estimate of drug-likeness (QED) is 0.829. The maximum atomic E-state index is 12.0. The van der Waals surface area contributed by atoms with Crippen molar-refractivity contribution in [3.8, 4) is 0 Å². The number of carbonyl (C=O) groups is 1. The number of para-hydroxylation sites is 1. The first kappa shape index (κ1) is 15.1. The molecule has 1 N–H and O–H groups in total. The number of benzene rings is 2. The fraction of sp³-hybridized carbons (Fsp3) is 0.278. The molecule has 0 fully saturated rings. The van der Waals surface area contributed by atoms with E-state index >= 15 is 0 Å². The standard InChI is InChI=1S/C18H21NO2/c1-4-21-18(20)16-11-7-8-12-17(16)19-14(3)15-10-6-5-9-13(15)2/h5-12,14,19H,4H2,1-3H3. The molecular weight excluding hydrogens is 262 g/mol. The van der Waals surface area contributed by atoms with E-state index in [2.05, 4.69) is 31.3 Å². The van der Waals surface area contributed by atoms with Gasteiger partial charge in [0, 0.05) is 11.7 Å². The molecule has 2 rings (SSSR count). The highest BCUT2D eigenvalue weighted by Crippen LogP contribution is 2.24. The number of hydrogen-bond acceptors (Lipinski definition) is 3. The maximum Gasteiger partial charge on any atom is 0.340 e. The van der Waals surface area contributed by atoms with Crippen LogP contribution >= 0.6 is 0 Å². The van der Waals surface area contributed by atoms with E-state index in [0.29, 0.717) is 12.2 Å². The van der Waals surface area contributed by atoms with Crippen molar-refractivity contribution in [2.75, 3.05) is 11.9 Å². The summed E-state index contributed by atoms with van der Waals surface area (Å²) < 4.78 is 5.10. The molecule has 0 aliphatic rings. The highest BCUT2D eigenvalue weighted by molar-refractivity contribution is 5.95. The summed E-state index contributed by atoms with van der Waals surface area (Å²) in [5.74, 6) is -0.294. The summed E-state index contributed by atoms with van der Waals surface area (Å²) >= 11 is 0. The van der Waals surface area contributed by atoms with Crippen LogP contribution in [0.2, 0.25) is 0 Å². The van der Waals surface area contributed by atoms with Crippen LogP contribution in [0.15, 0.2) is 48.5 Å². The second-order valence-electron chi connectivity index (χ2n) is 4.99. The molecule has 0 aliphatic heterocycles. The van der Waals surface area contributed by atoms with Crippen molar-refractivity contribution < 1.29 is 9.53 Å². The summed E-state index contributed by atoms with van der Waals surface area (Å²) in [5.41, 5.74) is 3.81. The van der Waals surface area contributed by atoms with Crippen LogP contribution in [-0.2, 0) is 4.74 Å². The monoisotopic (exact) mass is 283 g/mol. The highest BCUT2D eigenvalue weighted by atomic mass is 16.5. The lowest BCUT2D eigenvalue weighted by atomic mass is 10.0. The molecule has 1 unspecified atom stereocenters. The van der Waals surface area contributed by atoms with Crippen molar-refractivity contribution in [3.63, 3.8) is 0 Å². The number of carbonyl (C=O) groups excluding carboxylic acids is 1. The van der Waals surface area contributed by atoms with Crippen LogP contribution in [0.4, 0.5) is 5.69 Å². The molecule has 3 nitrogen and oxygen atoms in total. The Morgan fingerprint density at radius 2 is 1.81 bits per heavy atom. The van der Waals surface area contributed by atoms with Crippen molar-refractivity contribution in [2.45, 2.75) is 26.8 Å². The number of nitrogens with one attached hydrogen (secondary N) is 1. The van der Waals surface area contributed by atoms with Crippen molar-refractivity contribution in [3.05, 3.63) is 65.2 Å². The van der Waals surface area contributed by atoms with Gasteiger partial charge in [0.2, 0.25) is 0 Å². The summed E-state index contributed by atoms with van der Waals surface area (Å²) in [6.07, 6.45) is 0. The maximum absolute atomic E-state index is 12.0. The van der Waals surface area contributed by atoms with Gasteiger partial charge in [0.1, 0.15) is 0 Å². The first-order chi connectivity index (χ1) is 10.1. The van der Waals surface area contributed by atoms with E-state index in [-0.39, 0.29) is 12.0 Å². The normalized spacial score (nSPS) is 11.8. The molecule has 0 radical (unpaired) electrons. The van der Waals surface area contributed by atoms with Gasteiger partial charge in [-0.3, -0.25) is 0 Å². The number of hydrogen-bond donors (Lipinski definition) is 1. The van der Waals surface area contributed by atoms with E-state index in [1.54, 1.807) is 6.07 Å². The summed E-state index contributed by atoms with van der Waals surface area (Å²) in [6, 6.07) is 15.8. The molecule has 0 aromatic heterocycles. The molecule has 0 aliphatic carbocycles. The van der Waals surface area contributed by atoms with Gasteiger partial charge in [-0.05, 0) is 44.0 Å². The van der Waals surface area contributed by atoms with Gasteiger partial charge in [0.05, 0.1) is 12.2 Å². The molecule has 0 amide bonds. The van der Waals surface area contributed by atoms with Gasteiger partial charge < -0.3 is 10.1 Å². The Labute approximate surface area is 126 Å². The summed E-state index contributed by atoms with van der Waals surface area (Å²) in [6.45, 7) is 6.36. The molecule has 0 bridgehead atoms. The van der Waals surface area contributed by atoms with Gasteiger partial charge in [-0.1, -0.05) is 36.4 Å². The molecule has 0 heterocycles. The van der Waals surface area contributed by atoms with E-state index in [1.165, 1.54) is 11.1 Å². The Kier molecular flexibility index (Phi) is 4.99.